The largest absolute Gasteiger partial charge is 0.0615 e. The Bertz CT molecular complexity index is 147. The minimum Gasteiger partial charge on any atom is -0.0615 e. The van der Waals surface area contributed by atoms with E-state index in [9.17, 15) is 0 Å². The summed E-state index contributed by atoms with van der Waals surface area (Å²) in [5.74, 6) is 2.01. The Hall–Kier alpha value is 0. The molecule has 3 unspecified atom stereocenters. The van der Waals surface area contributed by atoms with Crippen LogP contribution in [0.5, 0.6) is 0 Å². The van der Waals surface area contributed by atoms with E-state index in [4.69, 9.17) is 0 Å². The summed E-state index contributed by atoms with van der Waals surface area (Å²) in [6, 6.07) is 0. The highest BCUT2D eigenvalue weighted by Gasteiger charge is 2.65. The highest BCUT2D eigenvalue weighted by molar-refractivity contribution is 5.14. The summed E-state index contributed by atoms with van der Waals surface area (Å²) in [7, 11) is 0. The Morgan fingerprint density at radius 2 is 1.80 bits per heavy atom. The molecule has 2 saturated carbocycles. The van der Waals surface area contributed by atoms with Gasteiger partial charge in [-0.1, -0.05) is 27.7 Å². The number of hydrogen-bond donors (Lipinski definition) is 0. The van der Waals surface area contributed by atoms with Crippen LogP contribution in [-0.4, -0.2) is 0 Å². The summed E-state index contributed by atoms with van der Waals surface area (Å²) < 4.78 is 0. The molecule has 0 aliphatic heterocycles. The fraction of sp³-hybridized carbons (Fsp3) is 1.00. The lowest BCUT2D eigenvalue weighted by Crippen LogP contribution is -2.65. The van der Waals surface area contributed by atoms with Crippen molar-refractivity contribution in [2.24, 2.45) is 22.7 Å². The molecule has 2 rings (SSSR count). The van der Waals surface area contributed by atoms with Crippen LogP contribution in [0, 0.1) is 22.7 Å². The van der Waals surface area contributed by atoms with Crippen molar-refractivity contribution >= 4 is 0 Å². The molecule has 10 heavy (non-hydrogen) atoms. The number of hydrogen-bond acceptors (Lipinski definition) is 0. The summed E-state index contributed by atoms with van der Waals surface area (Å²) >= 11 is 0. The molecule has 0 heterocycles. The van der Waals surface area contributed by atoms with Crippen LogP contribution in [0.15, 0.2) is 0 Å². The van der Waals surface area contributed by atoms with Crippen molar-refractivity contribution in [2.45, 2.75) is 40.5 Å². The molecule has 0 N–H and O–H groups in total. The van der Waals surface area contributed by atoms with E-state index < -0.39 is 0 Å². The molecule has 2 aliphatic rings. The predicted molar refractivity (Wildman–Crippen MR) is 43.8 cm³/mol. The third-order valence-corrected chi connectivity index (χ3v) is 4.77. The average molecular weight is 138 g/mol. The van der Waals surface area contributed by atoms with Crippen LogP contribution >= 0.6 is 0 Å². The van der Waals surface area contributed by atoms with E-state index in [0.717, 1.165) is 17.3 Å². The number of fused-ring (bicyclic) bond motifs is 1. The van der Waals surface area contributed by atoms with E-state index in [1.165, 1.54) is 12.8 Å². The van der Waals surface area contributed by atoms with Gasteiger partial charge in [-0.15, -0.1) is 0 Å². The molecule has 0 aromatic carbocycles. The zero-order valence-corrected chi connectivity index (χ0v) is 7.57. The molecule has 0 heteroatoms. The van der Waals surface area contributed by atoms with Gasteiger partial charge >= 0.3 is 0 Å². The molecule has 0 bridgehead atoms. The lowest BCUT2D eigenvalue weighted by Gasteiger charge is -2.72. The van der Waals surface area contributed by atoms with E-state index in [1.54, 1.807) is 0 Å². The molecule has 3 atom stereocenters. The topological polar surface area (TPSA) is 0 Å². The third-order valence-electron chi connectivity index (χ3n) is 4.77. The molecule has 0 saturated heterocycles. The van der Waals surface area contributed by atoms with Crippen LogP contribution in [0.2, 0.25) is 0 Å². The van der Waals surface area contributed by atoms with Gasteiger partial charge in [0, 0.05) is 0 Å². The fourth-order valence-corrected chi connectivity index (χ4v) is 3.54. The Morgan fingerprint density at radius 1 is 1.20 bits per heavy atom. The summed E-state index contributed by atoms with van der Waals surface area (Å²) in [5, 5.41) is 0. The molecule has 0 aromatic heterocycles. The standard InChI is InChI=1S/C10H18/c1-7-9(2,3)8-5-6-10(7,8)4/h7-8H,5-6H2,1-4H3. The molecular formula is C10H18. The summed E-state index contributed by atoms with van der Waals surface area (Å²) in [4.78, 5) is 0. The Labute approximate surface area is 64.0 Å². The highest BCUT2D eigenvalue weighted by Crippen LogP contribution is 2.73. The van der Waals surface area contributed by atoms with Crippen LogP contribution < -0.4 is 0 Å². The van der Waals surface area contributed by atoms with E-state index in [2.05, 4.69) is 27.7 Å². The Kier molecular flexibility index (Phi) is 0.964. The smallest absolute Gasteiger partial charge is 0.0261 e. The molecule has 0 amide bonds. The van der Waals surface area contributed by atoms with Gasteiger partial charge in [-0.2, -0.15) is 0 Å². The first-order valence-corrected chi connectivity index (χ1v) is 4.49. The van der Waals surface area contributed by atoms with Gasteiger partial charge in [-0.25, -0.2) is 0 Å². The third kappa shape index (κ3) is 0.436. The maximum Gasteiger partial charge on any atom is -0.0261 e. The molecule has 58 valence electrons. The van der Waals surface area contributed by atoms with Crippen LogP contribution in [0.25, 0.3) is 0 Å². The fourth-order valence-electron chi connectivity index (χ4n) is 3.54. The maximum absolute atomic E-state index is 2.47. The zero-order chi connectivity index (χ0) is 7.57. The molecule has 0 nitrogen and oxygen atoms in total. The van der Waals surface area contributed by atoms with Crippen LogP contribution in [-0.2, 0) is 0 Å². The van der Waals surface area contributed by atoms with Crippen LogP contribution in [0.1, 0.15) is 40.5 Å². The van der Waals surface area contributed by atoms with Crippen molar-refractivity contribution < 1.29 is 0 Å². The first-order chi connectivity index (χ1) is 4.49. The van der Waals surface area contributed by atoms with E-state index >= 15 is 0 Å². The van der Waals surface area contributed by atoms with Gasteiger partial charge in [0.25, 0.3) is 0 Å². The molecule has 2 fully saturated rings. The van der Waals surface area contributed by atoms with Crippen molar-refractivity contribution in [1.82, 2.24) is 0 Å². The summed E-state index contributed by atoms with van der Waals surface area (Å²) in [5.41, 5.74) is 1.41. The maximum atomic E-state index is 2.47. The van der Waals surface area contributed by atoms with Gasteiger partial charge in [0.1, 0.15) is 0 Å². The minimum absolute atomic E-state index is 0.660. The average Bonchev–Trinajstić information content (AvgIpc) is 1.81. The second-order valence-electron chi connectivity index (χ2n) is 5.14. The normalized spacial score (nSPS) is 56.4. The van der Waals surface area contributed by atoms with Gasteiger partial charge in [0.05, 0.1) is 0 Å². The molecule has 0 radical (unpaired) electrons. The Balaban J connectivity index is 2.22. The highest BCUT2D eigenvalue weighted by atomic mass is 14.7. The van der Waals surface area contributed by atoms with Gasteiger partial charge in [-0.3, -0.25) is 0 Å². The zero-order valence-electron chi connectivity index (χ0n) is 7.57. The SMILES string of the molecule is CC1C(C)(C)C2CCC12C. The second kappa shape index (κ2) is 1.44. The van der Waals surface area contributed by atoms with E-state index in [1.807, 2.05) is 0 Å². The monoisotopic (exact) mass is 138 g/mol. The van der Waals surface area contributed by atoms with E-state index in [-0.39, 0.29) is 0 Å². The van der Waals surface area contributed by atoms with E-state index in [0.29, 0.717) is 5.41 Å². The van der Waals surface area contributed by atoms with Crippen molar-refractivity contribution in [3.8, 4) is 0 Å². The van der Waals surface area contributed by atoms with Crippen molar-refractivity contribution in [3.63, 3.8) is 0 Å². The van der Waals surface area contributed by atoms with Crippen molar-refractivity contribution in [3.05, 3.63) is 0 Å². The first-order valence-electron chi connectivity index (χ1n) is 4.49. The molecule has 0 spiro atoms. The van der Waals surface area contributed by atoms with Crippen LogP contribution in [0.3, 0.4) is 0 Å². The van der Waals surface area contributed by atoms with Gasteiger partial charge in [0.15, 0.2) is 0 Å². The second-order valence-corrected chi connectivity index (χ2v) is 5.14. The summed E-state index contributed by atoms with van der Waals surface area (Å²) in [6.45, 7) is 9.76. The van der Waals surface area contributed by atoms with Crippen molar-refractivity contribution in [2.75, 3.05) is 0 Å². The Morgan fingerprint density at radius 3 is 1.90 bits per heavy atom. The molecule has 2 aliphatic carbocycles. The lowest BCUT2D eigenvalue weighted by atomic mass is 9.33. The quantitative estimate of drug-likeness (QED) is 0.482. The minimum atomic E-state index is 0.660. The lowest BCUT2D eigenvalue weighted by molar-refractivity contribution is -0.232. The van der Waals surface area contributed by atoms with Gasteiger partial charge in [0.2, 0.25) is 0 Å². The van der Waals surface area contributed by atoms with Crippen molar-refractivity contribution in [1.29, 1.82) is 0 Å². The van der Waals surface area contributed by atoms with Gasteiger partial charge < -0.3 is 0 Å². The molecule has 0 aromatic rings. The van der Waals surface area contributed by atoms with Gasteiger partial charge in [-0.05, 0) is 35.5 Å². The summed E-state index contributed by atoms with van der Waals surface area (Å²) in [6.07, 6.45) is 2.98. The first kappa shape index (κ1) is 6.69. The molecular weight excluding hydrogens is 120 g/mol. The van der Waals surface area contributed by atoms with Crippen LogP contribution in [0.4, 0.5) is 0 Å². The predicted octanol–water partition coefficient (Wildman–Crippen LogP) is 3.08. The number of rotatable bonds is 0.